The van der Waals surface area contributed by atoms with E-state index < -0.39 is 5.91 Å². The molecule has 3 N–H and O–H groups in total. The fourth-order valence-electron chi connectivity index (χ4n) is 3.08. The van der Waals surface area contributed by atoms with Crippen LogP contribution in [0.2, 0.25) is 0 Å². The summed E-state index contributed by atoms with van der Waals surface area (Å²) >= 11 is 0. The summed E-state index contributed by atoms with van der Waals surface area (Å²) in [5, 5.41) is 0. The number of aromatic nitrogens is 1. The number of benzene rings is 2. The van der Waals surface area contributed by atoms with E-state index in [1.165, 1.54) is 12.1 Å². The van der Waals surface area contributed by atoms with Crippen molar-refractivity contribution in [2.75, 3.05) is 0 Å². The highest BCUT2D eigenvalue weighted by Crippen LogP contribution is 2.39. The molecule has 1 heterocycles. The number of hydrogen-bond acceptors (Lipinski definition) is 1. The molecule has 25 heavy (non-hydrogen) atoms. The van der Waals surface area contributed by atoms with Gasteiger partial charge in [-0.25, -0.2) is 4.39 Å². The first-order chi connectivity index (χ1) is 12.0. The van der Waals surface area contributed by atoms with Crippen LogP contribution in [0, 0.1) is 5.82 Å². The van der Waals surface area contributed by atoms with Crippen molar-refractivity contribution in [3.8, 4) is 22.4 Å². The maximum absolute atomic E-state index is 13.3. The maximum Gasteiger partial charge on any atom is 0.251 e. The van der Waals surface area contributed by atoms with Gasteiger partial charge < -0.3 is 10.7 Å². The first kappa shape index (κ1) is 17.0. The van der Waals surface area contributed by atoms with E-state index in [1.807, 2.05) is 30.3 Å². The molecular formula is C21H21FN2O. The predicted molar refractivity (Wildman–Crippen MR) is 98.8 cm³/mol. The number of carbonyl (C=O) groups is 1. The summed E-state index contributed by atoms with van der Waals surface area (Å²) in [5.41, 5.74) is 10.4. The van der Waals surface area contributed by atoms with E-state index in [2.05, 4.69) is 18.8 Å². The number of nitrogens with one attached hydrogen (secondary N) is 1. The Balaban J connectivity index is 2.33. The summed E-state index contributed by atoms with van der Waals surface area (Å²) in [6, 6.07) is 15.9. The van der Waals surface area contributed by atoms with Gasteiger partial charge in [0.1, 0.15) is 5.82 Å². The van der Waals surface area contributed by atoms with E-state index >= 15 is 0 Å². The molecule has 1 unspecified atom stereocenters. The van der Waals surface area contributed by atoms with Gasteiger partial charge in [0.15, 0.2) is 0 Å². The lowest BCUT2D eigenvalue weighted by molar-refractivity contribution is 0.0999. The van der Waals surface area contributed by atoms with Gasteiger partial charge in [-0.1, -0.05) is 44.2 Å². The number of hydrogen-bond donors (Lipinski definition) is 2. The monoisotopic (exact) mass is 336 g/mol. The van der Waals surface area contributed by atoms with Gasteiger partial charge in [-0.15, -0.1) is 0 Å². The Bertz CT molecular complexity index is 882. The molecule has 128 valence electrons. The van der Waals surface area contributed by atoms with Crippen LogP contribution in [-0.2, 0) is 0 Å². The van der Waals surface area contributed by atoms with Gasteiger partial charge >= 0.3 is 0 Å². The predicted octanol–water partition coefficient (Wildman–Crippen LogP) is 5.10. The highest BCUT2D eigenvalue weighted by atomic mass is 19.1. The maximum atomic E-state index is 13.3. The fraction of sp³-hybridized carbons (Fsp3) is 0.190. The molecule has 4 heteroatoms. The van der Waals surface area contributed by atoms with Crippen LogP contribution in [0.3, 0.4) is 0 Å². The van der Waals surface area contributed by atoms with Crippen LogP contribution in [-0.4, -0.2) is 10.9 Å². The van der Waals surface area contributed by atoms with Crippen molar-refractivity contribution in [1.29, 1.82) is 0 Å². The second-order valence-corrected chi connectivity index (χ2v) is 6.21. The van der Waals surface area contributed by atoms with Gasteiger partial charge in [0, 0.05) is 11.3 Å². The minimum atomic E-state index is -0.459. The summed E-state index contributed by atoms with van der Waals surface area (Å²) in [7, 11) is 0. The van der Waals surface area contributed by atoms with Crippen molar-refractivity contribution < 1.29 is 9.18 Å². The lowest BCUT2D eigenvalue weighted by atomic mass is 9.93. The third kappa shape index (κ3) is 3.20. The molecule has 0 aliphatic carbocycles. The SMILES string of the molecule is CCC(C)c1[nH]c(-c2ccc(F)cc2)c(-c2ccccc2)c1C(N)=O. The average molecular weight is 336 g/mol. The molecule has 1 aromatic heterocycles. The minimum Gasteiger partial charge on any atom is -0.366 e. The van der Waals surface area contributed by atoms with E-state index in [-0.39, 0.29) is 11.7 Å². The number of rotatable bonds is 5. The molecular weight excluding hydrogens is 315 g/mol. The Labute approximate surface area is 146 Å². The summed E-state index contributed by atoms with van der Waals surface area (Å²) in [6.07, 6.45) is 0.873. The lowest BCUT2D eigenvalue weighted by Crippen LogP contribution is -2.14. The number of H-pyrrole nitrogens is 1. The van der Waals surface area contributed by atoms with E-state index in [0.29, 0.717) is 5.56 Å². The molecule has 1 atom stereocenters. The van der Waals surface area contributed by atoms with Crippen molar-refractivity contribution in [2.45, 2.75) is 26.2 Å². The van der Waals surface area contributed by atoms with Crippen molar-refractivity contribution >= 4 is 5.91 Å². The number of carbonyl (C=O) groups excluding carboxylic acids is 1. The molecule has 0 saturated heterocycles. The lowest BCUT2D eigenvalue weighted by Gasteiger charge is -2.09. The Hall–Kier alpha value is -2.88. The van der Waals surface area contributed by atoms with E-state index in [9.17, 15) is 9.18 Å². The number of nitrogens with two attached hydrogens (primary N) is 1. The Morgan fingerprint density at radius 1 is 1.08 bits per heavy atom. The molecule has 0 fully saturated rings. The Morgan fingerprint density at radius 3 is 2.28 bits per heavy atom. The zero-order valence-electron chi connectivity index (χ0n) is 14.3. The zero-order chi connectivity index (χ0) is 18.0. The van der Waals surface area contributed by atoms with E-state index in [4.69, 9.17) is 5.73 Å². The standard InChI is InChI=1S/C21H21FN2O/c1-3-13(2)19-18(21(23)25)17(14-7-5-4-6-8-14)20(24-19)15-9-11-16(22)12-10-15/h4-13,24H,3H2,1-2H3,(H2,23,25). The van der Waals surface area contributed by atoms with Crippen molar-refractivity contribution in [1.82, 2.24) is 4.98 Å². The van der Waals surface area contributed by atoms with Crippen LogP contribution in [0.4, 0.5) is 4.39 Å². The van der Waals surface area contributed by atoms with Gasteiger partial charge in [0.25, 0.3) is 5.91 Å². The average Bonchev–Trinajstić information content (AvgIpc) is 3.03. The molecule has 0 aliphatic heterocycles. The smallest absolute Gasteiger partial charge is 0.251 e. The van der Waals surface area contributed by atoms with Gasteiger partial charge in [-0.3, -0.25) is 4.79 Å². The highest BCUT2D eigenvalue weighted by Gasteiger charge is 2.25. The molecule has 0 spiro atoms. The number of aromatic amines is 1. The fourth-order valence-corrected chi connectivity index (χ4v) is 3.08. The third-order valence-electron chi connectivity index (χ3n) is 4.58. The molecule has 3 aromatic rings. The van der Waals surface area contributed by atoms with Gasteiger partial charge in [-0.2, -0.15) is 0 Å². The van der Waals surface area contributed by atoms with Gasteiger partial charge in [0.2, 0.25) is 0 Å². The molecule has 0 bridgehead atoms. The molecule has 0 saturated carbocycles. The second-order valence-electron chi connectivity index (χ2n) is 6.21. The normalized spacial score (nSPS) is 12.1. The first-order valence-electron chi connectivity index (χ1n) is 8.40. The van der Waals surface area contributed by atoms with Crippen LogP contribution >= 0.6 is 0 Å². The largest absolute Gasteiger partial charge is 0.366 e. The quantitative estimate of drug-likeness (QED) is 0.669. The molecule has 3 rings (SSSR count). The topological polar surface area (TPSA) is 58.9 Å². The number of primary amides is 1. The molecule has 0 radical (unpaired) electrons. The van der Waals surface area contributed by atoms with Crippen molar-refractivity contribution in [3.63, 3.8) is 0 Å². The molecule has 0 aliphatic rings. The first-order valence-corrected chi connectivity index (χ1v) is 8.40. The van der Waals surface area contributed by atoms with E-state index in [0.717, 1.165) is 34.5 Å². The van der Waals surface area contributed by atoms with Crippen molar-refractivity contribution in [3.05, 3.63) is 71.7 Å². The highest BCUT2D eigenvalue weighted by molar-refractivity contribution is 6.05. The molecule has 3 nitrogen and oxygen atoms in total. The van der Waals surface area contributed by atoms with Crippen LogP contribution < -0.4 is 5.73 Å². The van der Waals surface area contributed by atoms with Crippen LogP contribution in [0.1, 0.15) is 42.2 Å². The third-order valence-corrected chi connectivity index (χ3v) is 4.58. The zero-order valence-corrected chi connectivity index (χ0v) is 14.3. The number of amides is 1. The minimum absolute atomic E-state index is 0.152. The molecule has 1 amide bonds. The summed E-state index contributed by atoms with van der Waals surface area (Å²) in [5.74, 6) is -0.605. The van der Waals surface area contributed by atoms with Crippen LogP contribution in [0.25, 0.3) is 22.4 Å². The number of halogens is 1. The summed E-state index contributed by atoms with van der Waals surface area (Å²) in [4.78, 5) is 15.7. The van der Waals surface area contributed by atoms with E-state index in [1.54, 1.807) is 12.1 Å². The Morgan fingerprint density at radius 2 is 1.72 bits per heavy atom. The van der Waals surface area contributed by atoms with Crippen LogP contribution in [0.15, 0.2) is 54.6 Å². The van der Waals surface area contributed by atoms with Crippen molar-refractivity contribution in [2.24, 2.45) is 5.73 Å². The van der Waals surface area contributed by atoms with Gasteiger partial charge in [0.05, 0.1) is 11.3 Å². The molecule has 2 aromatic carbocycles. The second kappa shape index (κ2) is 6.93. The van der Waals surface area contributed by atoms with Gasteiger partial charge in [-0.05, 0) is 47.7 Å². The summed E-state index contributed by atoms with van der Waals surface area (Å²) in [6.45, 7) is 4.12. The van der Waals surface area contributed by atoms with Crippen LogP contribution in [0.5, 0.6) is 0 Å². The Kier molecular flexibility index (Phi) is 4.70. The summed E-state index contributed by atoms with van der Waals surface area (Å²) < 4.78 is 13.3.